The molecular weight excluding hydrogens is 239 g/mol. The minimum atomic E-state index is -0.769. The lowest BCUT2D eigenvalue weighted by Crippen LogP contribution is -2.35. The van der Waals surface area contributed by atoms with Crippen molar-refractivity contribution in [1.82, 2.24) is 0 Å². The summed E-state index contributed by atoms with van der Waals surface area (Å²) in [6, 6.07) is 18.2. The van der Waals surface area contributed by atoms with Gasteiger partial charge in [-0.2, -0.15) is 5.26 Å². The van der Waals surface area contributed by atoms with Crippen molar-refractivity contribution in [2.45, 2.75) is 18.9 Å². The van der Waals surface area contributed by atoms with Crippen molar-refractivity contribution < 1.29 is 4.39 Å². The van der Waals surface area contributed by atoms with Crippen molar-refractivity contribution in [1.29, 1.82) is 5.26 Å². The number of nitriles is 1. The molecule has 1 atom stereocenters. The zero-order chi connectivity index (χ0) is 13.7. The third kappa shape index (κ3) is 3.56. The van der Waals surface area contributed by atoms with Gasteiger partial charge in [0.25, 0.3) is 0 Å². The molecule has 1 N–H and O–H groups in total. The van der Waals surface area contributed by atoms with Crippen molar-refractivity contribution in [3.05, 3.63) is 66.0 Å². The molecule has 2 nitrogen and oxygen atoms in total. The molecule has 2 aromatic rings. The predicted molar refractivity (Wildman–Crippen MR) is 74.2 cm³/mol. The smallest absolute Gasteiger partial charge is 0.126 e. The second-order valence-electron chi connectivity index (χ2n) is 4.74. The summed E-state index contributed by atoms with van der Waals surface area (Å²) in [5, 5.41) is 12.5. The molecule has 96 valence electrons. The summed E-state index contributed by atoms with van der Waals surface area (Å²) in [7, 11) is 0. The van der Waals surface area contributed by atoms with Crippen LogP contribution in [0.1, 0.15) is 12.5 Å². The first-order valence-electron chi connectivity index (χ1n) is 6.10. The Bertz CT molecular complexity index is 589. The molecule has 0 fully saturated rings. The summed E-state index contributed by atoms with van der Waals surface area (Å²) in [6.07, 6.45) is 0.556. The highest BCUT2D eigenvalue weighted by atomic mass is 19.1. The molecule has 0 amide bonds. The van der Waals surface area contributed by atoms with Crippen molar-refractivity contribution in [2.24, 2.45) is 0 Å². The summed E-state index contributed by atoms with van der Waals surface area (Å²) in [5.41, 5.74) is 0.908. The van der Waals surface area contributed by atoms with Crippen LogP contribution in [-0.2, 0) is 6.42 Å². The van der Waals surface area contributed by atoms with Gasteiger partial charge in [0.15, 0.2) is 0 Å². The Kier molecular flexibility index (Phi) is 3.82. The van der Waals surface area contributed by atoms with Crippen molar-refractivity contribution in [2.75, 3.05) is 5.32 Å². The highest BCUT2D eigenvalue weighted by molar-refractivity contribution is 5.48. The van der Waals surface area contributed by atoms with Crippen LogP contribution in [0.2, 0.25) is 0 Å². The van der Waals surface area contributed by atoms with Crippen molar-refractivity contribution >= 4 is 5.69 Å². The van der Waals surface area contributed by atoms with E-state index < -0.39 is 5.54 Å². The molecule has 3 heteroatoms. The lowest BCUT2D eigenvalue weighted by atomic mass is 9.94. The molecule has 0 spiro atoms. The average molecular weight is 254 g/mol. The maximum absolute atomic E-state index is 13.2. The summed E-state index contributed by atoms with van der Waals surface area (Å²) < 4.78 is 13.2. The number of nitrogens with one attached hydrogen (secondary N) is 1. The number of anilines is 1. The number of hydrogen-bond donors (Lipinski definition) is 1. The molecule has 0 heterocycles. The van der Waals surface area contributed by atoms with Crippen LogP contribution in [0.25, 0.3) is 0 Å². The molecule has 0 bridgehead atoms. The van der Waals surface area contributed by atoms with Gasteiger partial charge in [-0.05, 0) is 30.7 Å². The molecule has 0 aliphatic heterocycles. The Morgan fingerprint density at radius 3 is 2.53 bits per heavy atom. The predicted octanol–water partition coefficient (Wildman–Crippen LogP) is 3.76. The Labute approximate surface area is 112 Å². The van der Waals surface area contributed by atoms with Gasteiger partial charge < -0.3 is 5.32 Å². The Morgan fingerprint density at radius 1 is 1.16 bits per heavy atom. The highest BCUT2D eigenvalue weighted by Crippen LogP contribution is 2.20. The zero-order valence-electron chi connectivity index (χ0n) is 10.7. The Hall–Kier alpha value is -2.34. The largest absolute Gasteiger partial charge is 0.367 e. The fraction of sp³-hybridized carbons (Fsp3) is 0.188. The lowest BCUT2D eigenvalue weighted by Gasteiger charge is -2.24. The minimum Gasteiger partial charge on any atom is -0.367 e. The number of rotatable bonds is 4. The average Bonchev–Trinajstić information content (AvgIpc) is 2.40. The van der Waals surface area contributed by atoms with Crippen molar-refractivity contribution in [3.63, 3.8) is 0 Å². The van der Waals surface area contributed by atoms with Gasteiger partial charge in [-0.3, -0.25) is 0 Å². The molecule has 0 saturated carbocycles. The van der Waals surface area contributed by atoms with E-state index in [0.29, 0.717) is 12.1 Å². The third-order valence-corrected chi connectivity index (χ3v) is 2.89. The number of hydrogen-bond acceptors (Lipinski definition) is 2. The molecule has 19 heavy (non-hydrogen) atoms. The maximum atomic E-state index is 13.2. The van der Waals surface area contributed by atoms with E-state index in [1.165, 1.54) is 12.1 Å². The summed E-state index contributed by atoms with van der Waals surface area (Å²) in [4.78, 5) is 0. The molecule has 0 saturated heterocycles. The normalized spacial score (nSPS) is 13.3. The van der Waals surface area contributed by atoms with E-state index >= 15 is 0 Å². The van der Waals surface area contributed by atoms with Gasteiger partial charge >= 0.3 is 0 Å². The Balaban J connectivity index is 2.17. The SMILES string of the molecule is CC(C#N)(Cc1ccccc1)Nc1cccc(F)c1. The molecule has 0 aliphatic carbocycles. The van der Waals surface area contributed by atoms with Crippen LogP contribution in [0.3, 0.4) is 0 Å². The summed E-state index contributed by atoms with van der Waals surface area (Å²) in [6.45, 7) is 1.81. The van der Waals surface area contributed by atoms with E-state index in [4.69, 9.17) is 0 Å². The number of benzene rings is 2. The molecular formula is C16H15FN2. The first kappa shape index (κ1) is 13.1. The second-order valence-corrected chi connectivity index (χ2v) is 4.74. The van der Waals surface area contributed by atoms with Gasteiger partial charge in [-0.15, -0.1) is 0 Å². The van der Waals surface area contributed by atoms with Gasteiger partial charge in [0.05, 0.1) is 6.07 Å². The molecule has 0 aliphatic rings. The highest BCUT2D eigenvalue weighted by Gasteiger charge is 2.24. The van der Waals surface area contributed by atoms with Crippen LogP contribution in [-0.4, -0.2) is 5.54 Å². The topological polar surface area (TPSA) is 35.8 Å². The van der Waals surface area contributed by atoms with Gasteiger partial charge in [0.1, 0.15) is 11.4 Å². The van der Waals surface area contributed by atoms with E-state index in [0.717, 1.165) is 5.56 Å². The van der Waals surface area contributed by atoms with Gasteiger partial charge in [-0.1, -0.05) is 36.4 Å². The number of nitrogens with zero attached hydrogens (tertiary/aromatic N) is 1. The van der Waals surface area contributed by atoms with Gasteiger partial charge in [0, 0.05) is 12.1 Å². The second kappa shape index (κ2) is 5.53. The lowest BCUT2D eigenvalue weighted by molar-refractivity contribution is 0.622. The van der Waals surface area contributed by atoms with Gasteiger partial charge in [0.2, 0.25) is 0 Å². The molecule has 2 rings (SSSR count). The molecule has 2 aromatic carbocycles. The van der Waals surface area contributed by atoms with E-state index in [2.05, 4.69) is 11.4 Å². The van der Waals surface area contributed by atoms with Crippen LogP contribution in [0, 0.1) is 17.1 Å². The monoisotopic (exact) mass is 254 g/mol. The third-order valence-electron chi connectivity index (χ3n) is 2.89. The quantitative estimate of drug-likeness (QED) is 0.901. The minimum absolute atomic E-state index is 0.315. The van der Waals surface area contributed by atoms with Crippen LogP contribution < -0.4 is 5.32 Å². The van der Waals surface area contributed by atoms with E-state index in [-0.39, 0.29) is 5.82 Å². The Morgan fingerprint density at radius 2 is 1.89 bits per heavy atom. The van der Waals surface area contributed by atoms with E-state index in [9.17, 15) is 9.65 Å². The maximum Gasteiger partial charge on any atom is 0.126 e. The van der Waals surface area contributed by atoms with Crippen molar-refractivity contribution in [3.8, 4) is 6.07 Å². The first-order valence-corrected chi connectivity index (χ1v) is 6.10. The molecule has 0 radical (unpaired) electrons. The van der Waals surface area contributed by atoms with Gasteiger partial charge in [-0.25, -0.2) is 4.39 Å². The summed E-state index contributed by atoms with van der Waals surface area (Å²) >= 11 is 0. The number of halogens is 1. The fourth-order valence-electron chi connectivity index (χ4n) is 2.00. The standard InChI is InChI=1S/C16H15FN2/c1-16(12-18,11-13-6-3-2-4-7-13)19-15-9-5-8-14(17)10-15/h2-10,19H,11H2,1H3. The van der Waals surface area contributed by atoms with Crippen LogP contribution in [0.4, 0.5) is 10.1 Å². The fourth-order valence-corrected chi connectivity index (χ4v) is 2.00. The summed E-state index contributed by atoms with van der Waals surface area (Å²) in [5.74, 6) is -0.315. The van der Waals surface area contributed by atoms with E-state index in [1.54, 1.807) is 12.1 Å². The van der Waals surface area contributed by atoms with Crippen LogP contribution in [0.5, 0.6) is 0 Å². The first-order chi connectivity index (χ1) is 9.11. The van der Waals surface area contributed by atoms with Crippen LogP contribution >= 0.6 is 0 Å². The van der Waals surface area contributed by atoms with E-state index in [1.807, 2.05) is 37.3 Å². The molecule has 1 unspecified atom stereocenters. The zero-order valence-corrected chi connectivity index (χ0v) is 10.7. The van der Waals surface area contributed by atoms with Crippen LogP contribution in [0.15, 0.2) is 54.6 Å². The molecule has 0 aromatic heterocycles.